The monoisotopic (exact) mass is 1040 g/mol. The van der Waals surface area contributed by atoms with E-state index in [4.69, 9.17) is 22.9 Å². The number of aliphatic carboxylic acids is 2. The number of phenolic OH excluding ortho intramolecular Hbond substituents is 1. The molecule has 408 valence electrons. The molecule has 0 heterocycles. The van der Waals surface area contributed by atoms with Crippen LogP contribution in [0.3, 0.4) is 0 Å². The number of phenols is 1. The molecule has 28 heteroatoms. The van der Waals surface area contributed by atoms with Gasteiger partial charge < -0.3 is 85.9 Å². The number of carboxylic acids is 2. The third-order valence-corrected chi connectivity index (χ3v) is 11.0. The average Bonchev–Trinajstić information content (AvgIpc) is 3.29. The van der Waals surface area contributed by atoms with Crippen molar-refractivity contribution in [3.63, 3.8) is 0 Å². The van der Waals surface area contributed by atoms with Crippen molar-refractivity contribution in [1.82, 2.24) is 42.5 Å². The first-order valence-corrected chi connectivity index (χ1v) is 23.4. The zero-order valence-corrected chi connectivity index (χ0v) is 41.4. The SMILES string of the molecule is CCC(C)C(NC(=O)C(CCCCN)NC(=O)C(N)CC(N)=O)C(=O)NC(CC(N)=O)C(=O)NC(CC(=O)O)C(=O)NCC(=O)NC(Cc1ccc(O)cc1)C(=O)NC(CC(C)C)C(=O)NC(C(=O)O)C(C)O. The summed E-state index contributed by atoms with van der Waals surface area (Å²) in [5.41, 5.74) is 22.3. The lowest BCUT2D eigenvalue weighted by molar-refractivity contribution is -0.145. The van der Waals surface area contributed by atoms with E-state index in [1.807, 2.05) is 0 Å². The highest BCUT2D eigenvalue weighted by molar-refractivity contribution is 5.99. The van der Waals surface area contributed by atoms with Gasteiger partial charge in [-0.15, -0.1) is 0 Å². The van der Waals surface area contributed by atoms with Crippen molar-refractivity contribution in [2.75, 3.05) is 13.1 Å². The summed E-state index contributed by atoms with van der Waals surface area (Å²) >= 11 is 0. The minimum atomic E-state index is -1.98. The molecule has 0 aromatic heterocycles. The minimum absolute atomic E-state index is 0.0209. The van der Waals surface area contributed by atoms with Gasteiger partial charge in [0.1, 0.15) is 42.0 Å². The van der Waals surface area contributed by atoms with Gasteiger partial charge in [0.15, 0.2) is 6.04 Å². The molecule has 0 aliphatic carbocycles. The van der Waals surface area contributed by atoms with E-state index in [2.05, 4.69) is 42.5 Å². The molecule has 1 aromatic carbocycles. The molecule has 10 amide bonds. The Morgan fingerprint density at radius 1 is 0.589 bits per heavy atom. The summed E-state index contributed by atoms with van der Waals surface area (Å²) in [7, 11) is 0. The van der Waals surface area contributed by atoms with Gasteiger partial charge in [-0.2, -0.15) is 0 Å². The fourth-order valence-electron chi connectivity index (χ4n) is 6.86. The third kappa shape index (κ3) is 24.0. The number of aliphatic hydroxyl groups is 1. The Morgan fingerprint density at radius 2 is 1.10 bits per heavy atom. The Labute approximate surface area is 421 Å². The lowest BCUT2D eigenvalue weighted by atomic mass is 9.96. The smallest absolute Gasteiger partial charge is 0.328 e. The summed E-state index contributed by atoms with van der Waals surface area (Å²) in [6, 6.07) is -7.17. The van der Waals surface area contributed by atoms with Crippen molar-refractivity contribution >= 4 is 71.0 Å². The van der Waals surface area contributed by atoms with Crippen LogP contribution in [0.5, 0.6) is 5.75 Å². The van der Waals surface area contributed by atoms with Crippen LogP contribution in [-0.4, -0.2) is 159 Å². The van der Waals surface area contributed by atoms with E-state index in [1.165, 1.54) is 24.3 Å². The lowest BCUT2D eigenvalue weighted by Crippen LogP contribution is -2.61. The zero-order valence-electron chi connectivity index (χ0n) is 41.4. The van der Waals surface area contributed by atoms with Crippen molar-refractivity contribution in [2.45, 2.75) is 147 Å². The number of carbonyl (C=O) groups excluding carboxylic acids is 10. The van der Waals surface area contributed by atoms with Crippen molar-refractivity contribution in [2.24, 2.45) is 34.8 Å². The molecular weight excluding hydrogens is 965 g/mol. The topological polar surface area (TPSA) is 486 Å². The van der Waals surface area contributed by atoms with E-state index < -0.39 is 157 Å². The molecule has 0 aliphatic heterocycles. The molecule has 0 bridgehead atoms. The molecule has 0 aliphatic rings. The first-order valence-electron chi connectivity index (χ1n) is 23.4. The number of primary amides is 2. The standard InChI is InChI=1S/C45H72N12O16/c1-6-22(4)36(56-40(67)27(9-7-8-14-46)52-38(65)26(47)17-32(48)60)44(71)55-30(18-33(49)61)42(69)54-31(19-35(63)64)39(66)50-20-34(62)51-29(16-24-10-12-25(59)13-11-24)41(68)53-28(15-21(2)3)43(70)57-37(23(5)58)45(72)73/h10-13,21-23,26-31,36-37,58-59H,6-9,14-20,46-47H2,1-5H3,(H2,48,60)(H2,49,61)(H,50,66)(H,51,62)(H,52,65)(H,53,68)(H,54,69)(H,55,71)(H,56,67)(H,57,70)(H,63,64)(H,72,73). The summed E-state index contributed by atoms with van der Waals surface area (Å²) in [5.74, 6) is -14.6. The van der Waals surface area contributed by atoms with Crippen LogP contribution in [0.4, 0.5) is 0 Å². The van der Waals surface area contributed by atoms with E-state index in [1.54, 1.807) is 27.7 Å². The second-order valence-electron chi connectivity index (χ2n) is 17.8. The number of carbonyl (C=O) groups is 12. The van der Waals surface area contributed by atoms with Gasteiger partial charge in [0.05, 0.1) is 38.0 Å². The first-order chi connectivity index (χ1) is 34.1. The van der Waals surface area contributed by atoms with E-state index in [9.17, 15) is 78.0 Å². The summed E-state index contributed by atoms with van der Waals surface area (Å²) in [6.45, 7) is 7.07. The van der Waals surface area contributed by atoms with Gasteiger partial charge >= 0.3 is 11.9 Å². The highest BCUT2D eigenvalue weighted by atomic mass is 16.4. The van der Waals surface area contributed by atoms with E-state index in [-0.39, 0.29) is 43.9 Å². The highest BCUT2D eigenvalue weighted by Gasteiger charge is 2.36. The van der Waals surface area contributed by atoms with Gasteiger partial charge in [-0.05, 0) is 68.7 Å². The molecule has 10 atom stereocenters. The van der Waals surface area contributed by atoms with Crippen molar-refractivity contribution in [3.05, 3.63) is 29.8 Å². The second kappa shape index (κ2) is 31.8. The Morgan fingerprint density at radius 3 is 1.62 bits per heavy atom. The zero-order chi connectivity index (χ0) is 55.7. The number of hydrogen-bond acceptors (Lipinski definition) is 16. The fourth-order valence-corrected chi connectivity index (χ4v) is 6.86. The molecule has 0 saturated heterocycles. The van der Waals surface area contributed by atoms with Gasteiger partial charge in [-0.3, -0.25) is 52.7 Å². The minimum Gasteiger partial charge on any atom is -0.508 e. The van der Waals surface area contributed by atoms with Gasteiger partial charge in [-0.25, -0.2) is 4.79 Å². The molecule has 20 N–H and O–H groups in total. The van der Waals surface area contributed by atoms with Crippen molar-refractivity contribution < 1.29 is 78.0 Å². The van der Waals surface area contributed by atoms with Gasteiger partial charge in [0.2, 0.25) is 59.1 Å². The van der Waals surface area contributed by atoms with Crippen LogP contribution in [-0.2, 0) is 64.0 Å². The maximum atomic E-state index is 13.8. The molecule has 1 rings (SSSR count). The molecule has 0 spiro atoms. The second-order valence-corrected chi connectivity index (χ2v) is 17.8. The highest BCUT2D eigenvalue weighted by Crippen LogP contribution is 2.14. The molecule has 73 heavy (non-hydrogen) atoms. The number of amides is 10. The maximum Gasteiger partial charge on any atom is 0.328 e. The number of benzene rings is 1. The molecule has 0 radical (unpaired) electrons. The number of hydrogen-bond donors (Lipinski definition) is 16. The molecule has 1 aromatic rings. The van der Waals surface area contributed by atoms with Crippen LogP contribution in [0.2, 0.25) is 0 Å². The van der Waals surface area contributed by atoms with E-state index in [0.717, 1.165) is 6.92 Å². The van der Waals surface area contributed by atoms with Crippen molar-refractivity contribution in [3.8, 4) is 5.75 Å². The molecule has 0 saturated carbocycles. The first kappa shape index (κ1) is 63.6. The summed E-state index contributed by atoms with van der Waals surface area (Å²) < 4.78 is 0. The van der Waals surface area contributed by atoms with Crippen LogP contribution in [0, 0.1) is 11.8 Å². The molecule has 10 unspecified atom stereocenters. The van der Waals surface area contributed by atoms with Crippen LogP contribution >= 0.6 is 0 Å². The number of rotatable bonds is 34. The number of unbranched alkanes of at least 4 members (excludes halogenated alkanes) is 1. The number of nitrogens with one attached hydrogen (secondary N) is 8. The Balaban J connectivity index is 3.37. The molecule has 28 nitrogen and oxygen atoms in total. The number of carboxylic acid groups (broad SMARTS) is 2. The van der Waals surface area contributed by atoms with Crippen LogP contribution in [0.1, 0.15) is 91.5 Å². The van der Waals surface area contributed by atoms with Crippen LogP contribution < -0.4 is 65.5 Å². The summed E-state index contributed by atoms with van der Waals surface area (Å²) in [4.78, 5) is 155. The predicted molar refractivity (Wildman–Crippen MR) is 257 cm³/mol. The van der Waals surface area contributed by atoms with E-state index in [0.29, 0.717) is 18.4 Å². The van der Waals surface area contributed by atoms with Gasteiger partial charge in [-0.1, -0.05) is 46.2 Å². The Bertz CT molecular complexity index is 2110. The normalized spacial score (nSPS) is 15.1. The Kier molecular flexibility index (Phi) is 27.7. The number of aliphatic hydroxyl groups excluding tert-OH is 1. The number of aromatic hydroxyl groups is 1. The van der Waals surface area contributed by atoms with Gasteiger partial charge in [0, 0.05) is 6.42 Å². The molecule has 0 fully saturated rings. The van der Waals surface area contributed by atoms with Crippen LogP contribution in [0.15, 0.2) is 24.3 Å². The summed E-state index contributed by atoms with van der Waals surface area (Å²) in [6.07, 6.45) is -3.30. The number of nitrogens with two attached hydrogens (primary N) is 4. The van der Waals surface area contributed by atoms with Crippen LogP contribution in [0.25, 0.3) is 0 Å². The van der Waals surface area contributed by atoms with Crippen molar-refractivity contribution in [1.29, 1.82) is 0 Å². The average molecular weight is 1040 g/mol. The predicted octanol–water partition coefficient (Wildman–Crippen LogP) is -5.32. The Hall–Kier alpha value is -7.46. The van der Waals surface area contributed by atoms with Gasteiger partial charge in [0.25, 0.3) is 0 Å². The quantitative estimate of drug-likeness (QED) is 0.0287. The summed E-state index contributed by atoms with van der Waals surface area (Å²) in [5, 5.41) is 57.4. The molecular formula is C45H72N12O16. The fraction of sp³-hybridized carbons (Fsp3) is 0.600. The third-order valence-electron chi connectivity index (χ3n) is 11.0. The lowest BCUT2D eigenvalue weighted by Gasteiger charge is -2.29. The maximum absolute atomic E-state index is 13.8. The largest absolute Gasteiger partial charge is 0.508 e. The van der Waals surface area contributed by atoms with E-state index >= 15 is 0 Å².